The van der Waals surface area contributed by atoms with Crippen LogP contribution in [0.15, 0.2) is 24.3 Å². The molecule has 0 saturated carbocycles. The number of hydrogen-bond acceptors (Lipinski definition) is 2. The standard InChI is InChI=1S/C16H24N2O/c1-12(2)9-10-17-16(19)11-18-15-8-7-13-5-3-4-6-14(13)15/h3-6,12,15,18H,7-11H2,1-2H3,(H,17,19). The number of aryl methyl sites for hydroxylation is 1. The normalized spacial score (nSPS) is 17.5. The molecule has 2 N–H and O–H groups in total. The van der Waals surface area contributed by atoms with Crippen molar-refractivity contribution in [3.05, 3.63) is 35.4 Å². The molecule has 3 heteroatoms. The Kier molecular flexibility index (Phi) is 4.97. The molecule has 1 atom stereocenters. The van der Waals surface area contributed by atoms with Crippen molar-refractivity contribution < 1.29 is 4.79 Å². The van der Waals surface area contributed by atoms with Crippen LogP contribution in [0.25, 0.3) is 0 Å². The Balaban J connectivity index is 1.73. The number of benzene rings is 1. The minimum Gasteiger partial charge on any atom is -0.355 e. The Morgan fingerprint density at radius 1 is 1.37 bits per heavy atom. The second-order valence-corrected chi connectivity index (χ2v) is 5.70. The van der Waals surface area contributed by atoms with E-state index < -0.39 is 0 Å². The summed E-state index contributed by atoms with van der Waals surface area (Å²) in [4.78, 5) is 11.7. The number of rotatable bonds is 6. The summed E-state index contributed by atoms with van der Waals surface area (Å²) < 4.78 is 0. The van der Waals surface area contributed by atoms with E-state index in [2.05, 4.69) is 48.7 Å². The van der Waals surface area contributed by atoms with Crippen molar-refractivity contribution in [2.45, 2.75) is 39.2 Å². The van der Waals surface area contributed by atoms with Gasteiger partial charge in [0.05, 0.1) is 6.54 Å². The third-order valence-corrected chi connectivity index (χ3v) is 3.69. The van der Waals surface area contributed by atoms with Gasteiger partial charge in [-0.2, -0.15) is 0 Å². The van der Waals surface area contributed by atoms with Gasteiger partial charge in [-0.3, -0.25) is 4.79 Å². The molecule has 1 aromatic rings. The summed E-state index contributed by atoms with van der Waals surface area (Å²) in [6, 6.07) is 8.84. The summed E-state index contributed by atoms with van der Waals surface area (Å²) in [5.41, 5.74) is 2.78. The van der Waals surface area contributed by atoms with Gasteiger partial charge in [-0.25, -0.2) is 0 Å². The highest BCUT2D eigenvalue weighted by Gasteiger charge is 2.21. The van der Waals surface area contributed by atoms with Crippen molar-refractivity contribution in [2.24, 2.45) is 5.92 Å². The highest BCUT2D eigenvalue weighted by Crippen LogP contribution is 2.30. The van der Waals surface area contributed by atoms with Gasteiger partial charge in [0.2, 0.25) is 5.91 Å². The van der Waals surface area contributed by atoms with E-state index in [1.54, 1.807) is 0 Å². The van der Waals surface area contributed by atoms with Crippen molar-refractivity contribution in [1.82, 2.24) is 10.6 Å². The van der Waals surface area contributed by atoms with Gasteiger partial charge in [-0.1, -0.05) is 38.1 Å². The first-order valence-electron chi connectivity index (χ1n) is 7.24. The zero-order valence-corrected chi connectivity index (χ0v) is 11.9. The second kappa shape index (κ2) is 6.71. The highest BCUT2D eigenvalue weighted by molar-refractivity contribution is 5.78. The Morgan fingerprint density at radius 3 is 2.95 bits per heavy atom. The van der Waals surface area contributed by atoms with E-state index in [4.69, 9.17) is 0 Å². The lowest BCUT2D eigenvalue weighted by atomic mass is 10.1. The quantitative estimate of drug-likeness (QED) is 0.825. The van der Waals surface area contributed by atoms with Crippen molar-refractivity contribution in [3.8, 4) is 0 Å². The highest BCUT2D eigenvalue weighted by atomic mass is 16.1. The summed E-state index contributed by atoms with van der Waals surface area (Å²) in [6.07, 6.45) is 3.25. The number of carbonyl (C=O) groups excluding carboxylic acids is 1. The van der Waals surface area contributed by atoms with Crippen LogP contribution in [0.1, 0.15) is 43.9 Å². The number of amides is 1. The van der Waals surface area contributed by atoms with Crippen LogP contribution < -0.4 is 10.6 Å². The third-order valence-electron chi connectivity index (χ3n) is 3.69. The minimum atomic E-state index is 0.102. The topological polar surface area (TPSA) is 41.1 Å². The van der Waals surface area contributed by atoms with Crippen LogP contribution in [0.2, 0.25) is 0 Å². The number of hydrogen-bond donors (Lipinski definition) is 2. The van der Waals surface area contributed by atoms with Crippen molar-refractivity contribution in [3.63, 3.8) is 0 Å². The maximum absolute atomic E-state index is 11.7. The molecule has 0 heterocycles. The van der Waals surface area contributed by atoms with Crippen LogP contribution in [0, 0.1) is 5.92 Å². The molecule has 0 saturated heterocycles. The van der Waals surface area contributed by atoms with Gasteiger partial charge < -0.3 is 10.6 Å². The summed E-state index contributed by atoms with van der Waals surface area (Å²) in [7, 11) is 0. The lowest BCUT2D eigenvalue weighted by molar-refractivity contribution is -0.120. The maximum Gasteiger partial charge on any atom is 0.233 e. The predicted molar refractivity (Wildman–Crippen MR) is 78.0 cm³/mol. The van der Waals surface area contributed by atoms with Gasteiger partial charge in [-0.15, -0.1) is 0 Å². The fourth-order valence-corrected chi connectivity index (χ4v) is 2.55. The van der Waals surface area contributed by atoms with Crippen LogP contribution in [-0.4, -0.2) is 19.0 Å². The van der Waals surface area contributed by atoms with Crippen molar-refractivity contribution >= 4 is 5.91 Å². The van der Waals surface area contributed by atoms with Gasteiger partial charge in [0.1, 0.15) is 0 Å². The zero-order valence-electron chi connectivity index (χ0n) is 11.9. The average Bonchev–Trinajstić information content (AvgIpc) is 2.79. The summed E-state index contributed by atoms with van der Waals surface area (Å²) >= 11 is 0. The zero-order chi connectivity index (χ0) is 13.7. The Labute approximate surface area is 115 Å². The lowest BCUT2D eigenvalue weighted by Gasteiger charge is -2.14. The van der Waals surface area contributed by atoms with Crippen molar-refractivity contribution in [2.75, 3.05) is 13.1 Å². The van der Waals surface area contributed by atoms with Crippen molar-refractivity contribution in [1.29, 1.82) is 0 Å². The number of nitrogens with one attached hydrogen (secondary N) is 2. The predicted octanol–water partition coefficient (Wildman–Crippen LogP) is 2.43. The van der Waals surface area contributed by atoms with Crippen LogP contribution in [-0.2, 0) is 11.2 Å². The molecule has 104 valence electrons. The molecule has 0 fully saturated rings. The van der Waals surface area contributed by atoms with Crippen LogP contribution >= 0.6 is 0 Å². The Hall–Kier alpha value is -1.35. The maximum atomic E-state index is 11.7. The molecule has 1 aliphatic rings. The van der Waals surface area contributed by atoms with Gasteiger partial charge in [0.15, 0.2) is 0 Å². The van der Waals surface area contributed by atoms with Crippen LogP contribution in [0.5, 0.6) is 0 Å². The van der Waals surface area contributed by atoms with E-state index in [-0.39, 0.29) is 5.91 Å². The SMILES string of the molecule is CC(C)CCNC(=O)CNC1CCc2ccccc21. The summed E-state index contributed by atoms with van der Waals surface area (Å²) in [5.74, 6) is 0.736. The fourth-order valence-electron chi connectivity index (χ4n) is 2.55. The summed E-state index contributed by atoms with van der Waals surface area (Å²) in [5, 5.41) is 6.32. The molecular weight excluding hydrogens is 236 g/mol. The number of carbonyl (C=O) groups is 1. The van der Waals surface area contributed by atoms with Crippen LogP contribution in [0.4, 0.5) is 0 Å². The Morgan fingerprint density at radius 2 is 2.16 bits per heavy atom. The van der Waals surface area contributed by atoms with Gasteiger partial charge in [0, 0.05) is 12.6 Å². The van der Waals surface area contributed by atoms with E-state index in [9.17, 15) is 4.79 Å². The molecule has 3 nitrogen and oxygen atoms in total. The second-order valence-electron chi connectivity index (χ2n) is 5.70. The van der Waals surface area contributed by atoms with Gasteiger partial charge in [0.25, 0.3) is 0 Å². The molecule has 19 heavy (non-hydrogen) atoms. The van der Waals surface area contributed by atoms with E-state index in [1.165, 1.54) is 11.1 Å². The average molecular weight is 260 g/mol. The molecule has 1 aliphatic carbocycles. The molecule has 0 spiro atoms. The van der Waals surface area contributed by atoms with E-state index >= 15 is 0 Å². The smallest absolute Gasteiger partial charge is 0.233 e. The molecule has 1 amide bonds. The molecule has 1 aromatic carbocycles. The number of fused-ring (bicyclic) bond motifs is 1. The lowest BCUT2D eigenvalue weighted by Crippen LogP contribution is -2.36. The monoisotopic (exact) mass is 260 g/mol. The van der Waals surface area contributed by atoms with Crippen LogP contribution in [0.3, 0.4) is 0 Å². The minimum absolute atomic E-state index is 0.102. The fraction of sp³-hybridized carbons (Fsp3) is 0.562. The van der Waals surface area contributed by atoms with Gasteiger partial charge >= 0.3 is 0 Å². The molecular formula is C16H24N2O. The molecule has 0 radical (unpaired) electrons. The molecule has 1 unspecified atom stereocenters. The summed E-state index contributed by atoms with van der Waals surface area (Å²) in [6.45, 7) is 5.52. The third kappa shape index (κ3) is 4.06. The molecule has 0 bridgehead atoms. The molecule has 0 aromatic heterocycles. The van der Waals surface area contributed by atoms with E-state index in [0.717, 1.165) is 25.8 Å². The molecule has 0 aliphatic heterocycles. The first-order chi connectivity index (χ1) is 9.16. The first kappa shape index (κ1) is 14.1. The first-order valence-corrected chi connectivity index (χ1v) is 7.24. The Bertz CT molecular complexity index is 429. The largest absolute Gasteiger partial charge is 0.355 e. The van der Waals surface area contributed by atoms with E-state index in [0.29, 0.717) is 18.5 Å². The van der Waals surface area contributed by atoms with E-state index in [1.807, 2.05) is 0 Å². The molecule has 2 rings (SSSR count). The van der Waals surface area contributed by atoms with Gasteiger partial charge in [-0.05, 0) is 36.3 Å².